The zero-order valence-electron chi connectivity index (χ0n) is 13.0. The molecule has 2 atom stereocenters. The molecular weight excluding hydrogens is 323 g/mol. The lowest BCUT2D eigenvalue weighted by Gasteiger charge is -2.28. The zero-order valence-corrected chi connectivity index (χ0v) is 13.8. The number of rotatable bonds is 5. The zero-order chi connectivity index (χ0) is 16.8. The largest absolute Gasteiger partial charge is 0.466 e. The van der Waals surface area contributed by atoms with Gasteiger partial charge in [0, 0.05) is 5.02 Å². The predicted octanol–water partition coefficient (Wildman–Crippen LogP) is 1.28. The number of anilines is 1. The van der Waals surface area contributed by atoms with Crippen LogP contribution in [0.4, 0.5) is 10.1 Å². The van der Waals surface area contributed by atoms with Gasteiger partial charge in [0.25, 0.3) is 5.91 Å². The lowest BCUT2D eigenvalue weighted by molar-refractivity contribution is -0.899. The van der Waals surface area contributed by atoms with Crippen molar-refractivity contribution in [2.24, 2.45) is 5.92 Å². The number of amides is 1. The number of carbonyl (C=O) groups excluding carboxylic acids is 2. The molecule has 1 aromatic carbocycles. The second-order valence-electron chi connectivity index (χ2n) is 5.64. The molecule has 126 valence electrons. The fourth-order valence-electron chi connectivity index (χ4n) is 2.79. The molecule has 1 amide bonds. The van der Waals surface area contributed by atoms with Crippen molar-refractivity contribution < 1.29 is 23.6 Å². The van der Waals surface area contributed by atoms with Gasteiger partial charge >= 0.3 is 5.97 Å². The summed E-state index contributed by atoms with van der Waals surface area (Å²) in [4.78, 5) is 24.9. The van der Waals surface area contributed by atoms with Crippen LogP contribution < -0.4 is 10.2 Å². The Morgan fingerprint density at radius 2 is 2.26 bits per heavy atom. The average Bonchev–Trinajstić information content (AvgIpc) is 2.50. The molecule has 1 unspecified atom stereocenters. The van der Waals surface area contributed by atoms with Gasteiger partial charge in [-0.25, -0.2) is 4.39 Å². The summed E-state index contributed by atoms with van der Waals surface area (Å²) in [6.45, 7) is 3.71. The molecule has 1 aliphatic heterocycles. The quantitative estimate of drug-likeness (QED) is 0.792. The van der Waals surface area contributed by atoms with E-state index in [1.165, 1.54) is 12.1 Å². The van der Waals surface area contributed by atoms with Crippen LogP contribution in [0.3, 0.4) is 0 Å². The Hall–Kier alpha value is -1.66. The third-order valence-electron chi connectivity index (χ3n) is 3.85. The second kappa shape index (κ2) is 8.26. The summed E-state index contributed by atoms with van der Waals surface area (Å²) >= 11 is 5.68. The Morgan fingerprint density at radius 1 is 1.48 bits per heavy atom. The number of esters is 1. The number of nitrogens with one attached hydrogen (secondary N) is 2. The minimum absolute atomic E-state index is 0.109. The number of benzene rings is 1. The number of piperidine rings is 1. The highest BCUT2D eigenvalue weighted by Gasteiger charge is 2.30. The number of ether oxygens (including phenoxy) is 1. The van der Waals surface area contributed by atoms with Crippen LogP contribution >= 0.6 is 11.6 Å². The molecule has 2 rings (SSSR count). The molecule has 1 heterocycles. The van der Waals surface area contributed by atoms with Gasteiger partial charge in [0.05, 0.1) is 25.4 Å². The third kappa shape index (κ3) is 5.18. The lowest BCUT2D eigenvalue weighted by Crippen LogP contribution is -3.14. The summed E-state index contributed by atoms with van der Waals surface area (Å²) in [5.41, 5.74) is 0.109. The van der Waals surface area contributed by atoms with Crippen molar-refractivity contribution in [2.75, 3.05) is 31.6 Å². The molecular formula is C16H21ClFN2O3+. The van der Waals surface area contributed by atoms with Gasteiger partial charge in [0.1, 0.15) is 11.7 Å². The highest BCUT2D eigenvalue weighted by molar-refractivity contribution is 6.30. The van der Waals surface area contributed by atoms with Crippen LogP contribution in [-0.2, 0) is 14.3 Å². The first-order chi connectivity index (χ1) is 11.0. The van der Waals surface area contributed by atoms with E-state index in [0.717, 1.165) is 30.4 Å². The Labute approximate surface area is 139 Å². The van der Waals surface area contributed by atoms with Crippen LogP contribution in [0.1, 0.15) is 19.8 Å². The van der Waals surface area contributed by atoms with E-state index in [1.807, 2.05) is 0 Å². The van der Waals surface area contributed by atoms with E-state index >= 15 is 0 Å². The predicted molar refractivity (Wildman–Crippen MR) is 85.0 cm³/mol. The van der Waals surface area contributed by atoms with Gasteiger partial charge < -0.3 is 15.0 Å². The van der Waals surface area contributed by atoms with Crippen LogP contribution in [0.5, 0.6) is 0 Å². The molecule has 0 aliphatic carbocycles. The van der Waals surface area contributed by atoms with Gasteiger partial charge in [0.15, 0.2) is 6.54 Å². The number of halogens is 2. The Morgan fingerprint density at radius 3 is 2.96 bits per heavy atom. The van der Waals surface area contributed by atoms with Gasteiger partial charge in [-0.2, -0.15) is 0 Å². The van der Waals surface area contributed by atoms with Crippen LogP contribution in [0.25, 0.3) is 0 Å². The molecule has 0 spiro atoms. The number of carbonyl (C=O) groups is 2. The summed E-state index contributed by atoms with van der Waals surface area (Å²) < 4.78 is 18.7. The number of hydrogen-bond acceptors (Lipinski definition) is 3. The first kappa shape index (κ1) is 17.7. The monoisotopic (exact) mass is 343 g/mol. The highest BCUT2D eigenvalue weighted by atomic mass is 35.5. The molecule has 1 saturated heterocycles. The van der Waals surface area contributed by atoms with Gasteiger partial charge in [0.2, 0.25) is 0 Å². The average molecular weight is 344 g/mol. The second-order valence-corrected chi connectivity index (χ2v) is 6.08. The number of likely N-dealkylation sites (tertiary alicyclic amines) is 1. The lowest BCUT2D eigenvalue weighted by atomic mass is 9.98. The summed E-state index contributed by atoms with van der Waals surface area (Å²) in [6, 6.07) is 4.11. The standard InChI is InChI=1S/C16H20ClFN2O3/c1-2-23-16(22)11-4-3-7-20(9-11)10-15(21)19-14-6-5-12(17)8-13(14)18/h5-6,8,11H,2-4,7,9-10H2,1H3,(H,19,21)/p+1/t11-/m0/s1. The molecule has 0 aromatic heterocycles. The van der Waals surface area contributed by atoms with Crippen molar-refractivity contribution in [2.45, 2.75) is 19.8 Å². The van der Waals surface area contributed by atoms with Crippen molar-refractivity contribution in [1.82, 2.24) is 0 Å². The fourth-order valence-corrected chi connectivity index (χ4v) is 2.94. The first-order valence-electron chi connectivity index (χ1n) is 7.74. The molecule has 0 saturated carbocycles. The van der Waals surface area contributed by atoms with E-state index in [9.17, 15) is 14.0 Å². The normalized spacial score (nSPS) is 20.8. The van der Waals surface area contributed by atoms with E-state index in [2.05, 4.69) is 5.32 Å². The summed E-state index contributed by atoms with van der Waals surface area (Å²) in [7, 11) is 0. The smallest absolute Gasteiger partial charge is 0.314 e. The van der Waals surface area contributed by atoms with Gasteiger partial charge in [-0.3, -0.25) is 9.59 Å². The maximum atomic E-state index is 13.7. The van der Waals surface area contributed by atoms with E-state index in [4.69, 9.17) is 16.3 Å². The van der Waals surface area contributed by atoms with Crippen molar-refractivity contribution >= 4 is 29.2 Å². The Balaban J connectivity index is 1.88. The highest BCUT2D eigenvalue weighted by Crippen LogP contribution is 2.18. The summed E-state index contributed by atoms with van der Waals surface area (Å²) in [5.74, 6) is -1.22. The fraction of sp³-hybridized carbons (Fsp3) is 0.500. The summed E-state index contributed by atoms with van der Waals surface area (Å²) in [5, 5.41) is 2.82. The van der Waals surface area contributed by atoms with Crippen molar-refractivity contribution in [1.29, 1.82) is 0 Å². The van der Waals surface area contributed by atoms with Gasteiger partial charge in [-0.1, -0.05) is 11.6 Å². The molecule has 7 heteroatoms. The maximum Gasteiger partial charge on any atom is 0.314 e. The summed E-state index contributed by atoms with van der Waals surface area (Å²) in [6.07, 6.45) is 1.65. The van der Waals surface area contributed by atoms with E-state index < -0.39 is 5.82 Å². The topological polar surface area (TPSA) is 59.8 Å². The maximum absolute atomic E-state index is 13.7. The third-order valence-corrected chi connectivity index (χ3v) is 4.09. The number of hydrogen-bond donors (Lipinski definition) is 2. The molecule has 0 radical (unpaired) electrons. The molecule has 23 heavy (non-hydrogen) atoms. The van der Waals surface area contributed by atoms with Crippen molar-refractivity contribution in [3.05, 3.63) is 29.0 Å². The number of quaternary nitrogens is 1. The van der Waals surface area contributed by atoms with Crippen molar-refractivity contribution in [3.8, 4) is 0 Å². The molecule has 1 aromatic rings. The van der Waals surface area contributed by atoms with E-state index in [-0.39, 0.29) is 35.0 Å². The Bertz CT molecular complexity index is 582. The van der Waals surface area contributed by atoms with Crippen LogP contribution in [0.2, 0.25) is 5.02 Å². The van der Waals surface area contributed by atoms with Gasteiger partial charge in [-0.05, 0) is 38.0 Å². The molecule has 1 fully saturated rings. The van der Waals surface area contributed by atoms with Crippen LogP contribution in [0.15, 0.2) is 18.2 Å². The van der Waals surface area contributed by atoms with E-state index in [0.29, 0.717) is 13.2 Å². The van der Waals surface area contributed by atoms with E-state index in [1.54, 1.807) is 6.92 Å². The van der Waals surface area contributed by atoms with Crippen LogP contribution in [0, 0.1) is 11.7 Å². The van der Waals surface area contributed by atoms with Crippen LogP contribution in [-0.4, -0.2) is 38.1 Å². The first-order valence-corrected chi connectivity index (χ1v) is 8.12. The molecule has 2 N–H and O–H groups in total. The minimum Gasteiger partial charge on any atom is -0.466 e. The Kier molecular flexibility index (Phi) is 6.36. The molecule has 0 bridgehead atoms. The minimum atomic E-state index is -0.566. The van der Waals surface area contributed by atoms with Crippen molar-refractivity contribution in [3.63, 3.8) is 0 Å². The molecule has 1 aliphatic rings. The SMILES string of the molecule is CCOC(=O)[C@H]1CCC[NH+](CC(=O)Nc2ccc(Cl)cc2F)C1. The van der Waals surface area contributed by atoms with Gasteiger partial charge in [-0.15, -0.1) is 0 Å². The molecule has 5 nitrogen and oxygen atoms in total.